The largest absolute Gasteiger partial charge is 0.478 e. The first kappa shape index (κ1) is 13.7. The monoisotopic (exact) mass is 263 g/mol. The van der Waals surface area contributed by atoms with Crippen LogP contribution in [-0.4, -0.2) is 48.2 Å². The van der Waals surface area contributed by atoms with Gasteiger partial charge in [-0.1, -0.05) is 0 Å². The molecule has 1 aromatic rings. The van der Waals surface area contributed by atoms with E-state index in [4.69, 9.17) is 10.8 Å². The Morgan fingerprint density at radius 3 is 2.63 bits per heavy atom. The molecule has 104 valence electrons. The maximum Gasteiger partial charge on any atom is 0.337 e. The van der Waals surface area contributed by atoms with Crippen molar-refractivity contribution in [3.8, 4) is 0 Å². The summed E-state index contributed by atoms with van der Waals surface area (Å²) in [5.41, 5.74) is 7.17. The molecule has 0 aromatic heterocycles. The maximum atomic E-state index is 11.1. The van der Waals surface area contributed by atoms with Crippen LogP contribution in [0.2, 0.25) is 0 Å². The molecule has 0 atom stereocenters. The molecule has 1 heterocycles. The molecule has 1 saturated heterocycles. The molecule has 0 saturated carbocycles. The van der Waals surface area contributed by atoms with Crippen molar-refractivity contribution in [1.29, 1.82) is 0 Å². The van der Waals surface area contributed by atoms with Gasteiger partial charge >= 0.3 is 5.97 Å². The quantitative estimate of drug-likeness (QED) is 0.791. The Kier molecular flexibility index (Phi) is 3.41. The molecule has 1 aromatic carbocycles. The molecule has 1 aliphatic rings. The molecule has 0 radical (unpaired) electrons. The van der Waals surface area contributed by atoms with Gasteiger partial charge in [-0.05, 0) is 39.1 Å². The second-order valence-corrected chi connectivity index (χ2v) is 5.73. The van der Waals surface area contributed by atoms with Gasteiger partial charge in [0, 0.05) is 36.5 Å². The van der Waals surface area contributed by atoms with Crippen molar-refractivity contribution in [3.63, 3.8) is 0 Å². The van der Waals surface area contributed by atoms with E-state index in [1.165, 1.54) is 0 Å². The molecule has 19 heavy (non-hydrogen) atoms. The van der Waals surface area contributed by atoms with Crippen molar-refractivity contribution in [2.75, 3.05) is 37.3 Å². The van der Waals surface area contributed by atoms with Crippen LogP contribution < -0.4 is 10.6 Å². The molecular weight excluding hydrogens is 242 g/mol. The molecule has 5 nitrogen and oxygen atoms in total. The Morgan fingerprint density at radius 1 is 1.37 bits per heavy atom. The smallest absolute Gasteiger partial charge is 0.337 e. The minimum atomic E-state index is -0.979. The number of nitrogen functional groups attached to an aromatic ring is 1. The summed E-state index contributed by atoms with van der Waals surface area (Å²) in [6, 6.07) is 5.23. The van der Waals surface area contributed by atoms with Crippen LogP contribution in [0, 0.1) is 0 Å². The molecule has 0 bridgehead atoms. The van der Waals surface area contributed by atoms with E-state index in [1.807, 2.05) is 6.07 Å². The number of carbonyl (C=O) groups is 1. The number of hydrogen-bond donors (Lipinski definition) is 2. The number of rotatable bonds is 2. The van der Waals surface area contributed by atoms with Gasteiger partial charge in [-0.15, -0.1) is 0 Å². The van der Waals surface area contributed by atoms with Gasteiger partial charge in [0.25, 0.3) is 0 Å². The number of anilines is 2. The number of carboxylic acid groups (broad SMARTS) is 1. The summed E-state index contributed by atoms with van der Waals surface area (Å²) in [6.07, 6.45) is 0. The fourth-order valence-corrected chi connectivity index (χ4v) is 2.39. The summed E-state index contributed by atoms with van der Waals surface area (Å²) in [4.78, 5) is 15.7. The van der Waals surface area contributed by atoms with Gasteiger partial charge in [0.2, 0.25) is 0 Å². The van der Waals surface area contributed by atoms with Crippen molar-refractivity contribution in [1.82, 2.24) is 4.90 Å². The number of likely N-dealkylation sites (N-methyl/N-ethyl adjacent to an activating group) is 1. The van der Waals surface area contributed by atoms with E-state index in [-0.39, 0.29) is 11.1 Å². The highest BCUT2D eigenvalue weighted by atomic mass is 16.4. The first-order chi connectivity index (χ1) is 8.81. The van der Waals surface area contributed by atoms with Gasteiger partial charge in [0.15, 0.2) is 0 Å². The van der Waals surface area contributed by atoms with E-state index in [0.29, 0.717) is 5.69 Å². The van der Waals surface area contributed by atoms with E-state index in [9.17, 15) is 4.79 Å². The highest BCUT2D eigenvalue weighted by Crippen LogP contribution is 2.27. The van der Waals surface area contributed by atoms with Crippen LogP contribution in [0.15, 0.2) is 18.2 Å². The molecular formula is C14H21N3O2. The molecule has 3 N–H and O–H groups in total. The van der Waals surface area contributed by atoms with Gasteiger partial charge in [-0.25, -0.2) is 4.79 Å². The lowest BCUT2D eigenvalue weighted by Crippen LogP contribution is -2.57. The second kappa shape index (κ2) is 4.74. The van der Waals surface area contributed by atoms with Crippen molar-refractivity contribution in [2.45, 2.75) is 19.4 Å². The number of carboxylic acids is 1. The summed E-state index contributed by atoms with van der Waals surface area (Å²) in [6.45, 7) is 7.10. The van der Waals surface area contributed by atoms with E-state index in [2.05, 4.69) is 30.7 Å². The standard InChI is InChI=1S/C14H21N3O2/c1-14(2)9-17(7-6-16(14)3)10-4-5-12(15)11(8-10)13(18)19/h4-5,8H,6-7,9,15H2,1-3H3,(H,18,19). The van der Waals surface area contributed by atoms with Crippen molar-refractivity contribution < 1.29 is 9.90 Å². The lowest BCUT2D eigenvalue weighted by molar-refractivity contribution is 0.0698. The highest BCUT2D eigenvalue weighted by Gasteiger charge is 2.31. The third-order valence-electron chi connectivity index (χ3n) is 3.95. The predicted molar refractivity (Wildman–Crippen MR) is 76.7 cm³/mol. The maximum absolute atomic E-state index is 11.1. The number of piperazine rings is 1. The third-order valence-corrected chi connectivity index (χ3v) is 3.95. The normalized spacial score (nSPS) is 19.4. The van der Waals surface area contributed by atoms with Crippen molar-refractivity contribution in [3.05, 3.63) is 23.8 Å². The van der Waals surface area contributed by atoms with Gasteiger partial charge in [0.05, 0.1) is 5.56 Å². The molecule has 5 heteroatoms. The van der Waals surface area contributed by atoms with Gasteiger partial charge < -0.3 is 15.7 Å². The van der Waals surface area contributed by atoms with Crippen LogP contribution in [0.25, 0.3) is 0 Å². The zero-order chi connectivity index (χ0) is 14.2. The van der Waals surface area contributed by atoms with E-state index in [1.54, 1.807) is 12.1 Å². The Bertz CT molecular complexity index is 499. The summed E-state index contributed by atoms with van der Waals surface area (Å²) >= 11 is 0. The number of aromatic carboxylic acids is 1. The lowest BCUT2D eigenvalue weighted by atomic mass is 9.99. The molecule has 1 aliphatic heterocycles. The van der Waals surface area contributed by atoms with Crippen LogP contribution in [-0.2, 0) is 0 Å². The number of nitrogens with zero attached hydrogens (tertiary/aromatic N) is 2. The minimum absolute atomic E-state index is 0.0724. The van der Waals surface area contributed by atoms with Gasteiger partial charge in [-0.2, -0.15) is 0 Å². The number of hydrogen-bond acceptors (Lipinski definition) is 4. The second-order valence-electron chi connectivity index (χ2n) is 5.73. The summed E-state index contributed by atoms with van der Waals surface area (Å²) < 4.78 is 0. The average molecular weight is 263 g/mol. The van der Waals surface area contributed by atoms with E-state index < -0.39 is 5.97 Å². The SMILES string of the molecule is CN1CCN(c2ccc(N)c(C(=O)O)c2)CC1(C)C. The van der Waals surface area contributed by atoms with Crippen LogP contribution in [0.4, 0.5) is 11.4 Å². The van der Waals surface area contributed by atoms with Crippen molar-refractivity contribution in [2.24, 2.45) is 0 Å². The minimum Gasteiger partial charge on any atom is -0.478 e. The Labute approximate surface area is 113 Å². The van der Waals surface area contributed by atoms with Crippen LogP contribution >= 0.6 is 0 Å². The molecule has 0 spiro atoms. The summed E-state index contributed by atoms with van der Waals surface area (Å²) in [5.74, 6) is -0.979. The molecule has 1 fully saturated rings. The molecule has 0 amide bonds. The van der Waals surface area contributed by atoms with E-state index in [0.717, 1.165) is 25.3 Å². The summed E-state index contributed by atoms with van der Waals surface area (Å²) in [5, 5.41) is 9.13. The zero-order valence-corrected chi connectivity index (χ0v) is 11.7. The Morgan fingerprint density at radius 2 is 2.05 bits per heavy atom. The number of nitrogens with two attached hydrogens (primary N) is 1. The highest BCUT2D eigenvalue weighted by molar-refractivity contribution is 5.94. The average Bonchev–Trinajstić information content (AvgIpc) is 2.33. The van der Waals surface area contributed by atoms with Crippen molar-refractivity contribution >= 4 is 17.3 Å². The zero-order valence-electron chi connectivity index (χ0n) is 11.7. The molecule has 0 unspecified atom stereocenters. The third kappa shape index (κ3) is 2.66. The fraction of sp³-hybridized carbons (Fsp3) is 0.500. The first-order valence-electron chi connectivity index (χ1n) is 6.40. The number of benzene rings is 1. The first-order valence-corrected chi connectivity index (χ1v) is 6.40. The summed E-state index contributed by atoms with van der Waals surface area (Å²) in [7, 11) is 2.11. The van der Waals surface area contributed by atoms with Crippen LogP contribution in [0.3, 0.4) is 0 Å². The lowest BCUT2D eigenvalue weighted by Gasteiger charge is -2.46. The fourth-order valence-electron chi connectivity index (χ4n) is 2.39. The molecule has 0 aliphatic carbocycles. The molecule has 2 rings (SSSR count). The van der Waals surface area contributed by atoms with E-state index >= 15 is 0 Å². The predicted octanol–water partition coefficient (Wildman–Crippen LogP) is 1.50. The Balaban J connectivity index is 2.28. The van der Waals surface area contributed by atoms with Gasteiger partial charge in [0.1, 0.15) is 0 Å². The Hall–Kier alpha value is -1.75. The van der Waals surface area contributed by atoms with Gasteiger partial charge in [-0.3, -0.25) is 4.90 Å². The van der Waals surface area contributed by atoms with Crippen LogP contribution in [0.1, 0.15) is 24.2 Å². The van der Waals surface area contributed by atoms with Crippen LogP contribution in [0.5, 0.6) is 0 Å². The topological polar surface area (TPSA) is 69.8 Å².